The van der Waals surface area contributed by atoms with Crippen LogP contribution < -0.4 is 4.74 Å². The number of hydrogen-bond donors (Lipinski definition) is 1. The lowest BCUT2D eigenvalue weighted by molar-refractivity contribution is -0.155. The van der Waals surface area contributed by atoms with E-state index >= 15 is 0 Å². The Bertz CT molecular complexity index is 1230. The summed E-state index contributed by atoms with van der Waals surface area (Å²) in [5.74, 6) is -3.37. The fourth-order valence-corrected chi connectivity index (χ4v) is 5.45. The van der Waals surface area contributed by atoms with Gasteiger partial charge in [0.05, 0.1) is 18.6 Å². The maximum atomic E-state index is 13.9. The Labute approximate surface area is 197 Å². The van der Waals surface area contributed by atoms with Crippen LogP contribution in [0.3, 0.4) is 0 Å². The number of hydrogen-bond acceptors (Lipinski definition) is 6. The molecule has 0 spiro atoms. The van der Waals surface area contributed by atoms with Gasteiger partial charge in [-0.1, -0.05) is 70.0 Å². The van der Waals surface area contributed by atoms with Crippen molar-refractivity contribution in [3.05, 3.63) is 93.2 Å². The lowest BCUT2D eigenvalue weighted by Gasteiger charge is -2.39. The molecule has 0 amide bonds. The summed E-state index contributed by atoms with van der Waals surface area (Å²) in [6.07, 6.45) is 1.33. The molecule has 0 bridgehead atoms. The van der Waals surface area contributed by atoms with Crippen LogP contribution in [0.1, 0.15) is 22.6 Å². The number of benzene rings is 2. The summed E-state index contributed by atoms with van der Waals surface area (Å²) in [6.45, 7) is 0. The van der Waals surface area contributed by atoms with Gasteiger partial charge in [-0.15, -0.1) is 0 Å². The molecule has 2 aromatic carbocycles. The highest BCUT2D eigenvalue weighted by molar-refractivity contribution is 9.10. The standard InChI is InChI=1S/C24H17BrClNO5/c1-31-22(29)19-20(13-5-3-2-4-6-13)24(14-7-9-15(25)10-8-14)23(30,21(19)28)16-12-27-18(26)11-17(16)32-24/h2-12,19-20,30H,1H3/t19-,20+,23+,24+/m1/s1. The third-order valence-corrected chi connectivity index (χ3v) is 7.06. The number of pyridine rings is 1. The van der Waals surface area contributed by atoms with Crippen LogP contribution in [0.15, 0.2) is 71.3 Å². The average molecular weight is 515 g/mol. The van der Waals surface area contributed by atoms with Crippen molar-refractivity contribution in [1.29, 1.82) is 0 Å². The van der Waals surface area contributed by atoms with Gasteiger partial charge in [0.25, 0.3) is 0 Å². The zero-order valence-corrected chi connectivity index (χ0v) is 19.1. The van der Waals surface area contributed by atoms with Crippen LogP contribution in [0.5, 0.6) is 5.75 Å². The van der Waals surface area contributed by atoms with E-state index in [1.54, 1.807) is 48.5 Å². The first-order chi connectivity index (χ1) is 15.3. The van der Waals surface area contributed by atoms with Gasteiger partial charge in [-0.25, -0.2) is 4.98 Å². The highest BCUT2D eigenvalue weighted by atomic mass is 79.9. The Morgan fingerprint density at radius 2 is 1.88 bits per heavy atom. The summed E-state index contributed by atoms with van der Waals surface area (Å²) in [7, 11) is 1.22. The van der Waals surface area contributed by atoms with Crippen LogP contribution in [0.2, 0.25) is 5.15 Å². The number of carbonyl (C=O) groups is 2. The smallest absolute Gasteiger partial charge is 0.317 e. The Balaban J connectivity index is 1.88. The van der Waals surface area contributed by atoms with E-state index < -0.39 is 34.8 Å². The van der Waals surface area contributed by atoms with E-state index in [1.165, 1.54) is 19.4 Å². The molecule has 8 heteroatoms. The van der Waals surface area contributed by atoms with Crippen LogP contribution in [-0.2, 0) is 25.5 Å². The van der Waals surface area contributed by atoms with E-state index in [1.807, 2.05) is 6.07 Å². The number of esters is 1. The number of ether oxygens (including phenoxy) is 2. The molecule has 6 nitrogen and oxygen atoms in total. The summed E-state index contributed by atoms with van der Waals surface area (Å²) in [6, 6.07) is 17.6. The van der Waals surface area contributed by atoms with Gasteiger partial charge in [0.1, 0.15) is 16.8 Å². The maximum absolute atomic E-state index is 13.9. The topological polar surface area (TPSA) is 85.7 Å². The number of carbonyl (C=O) groups excluding carboxylic acids is 2. The van der Waals surface area contributed by atoms with Crippen LogP contribution >= 0.6 is 27.5 Å². The molecule has 32 heavy (non-hydrogen) atoms. The lowest BCUT2D eigenvalue weighted by atomic mass is 9.71. The van der Waals surface area contributed by atoms with Crippen molar-refractivity contribution < 1.29 is 24.2 Å². The molecule has 3 aromatic rings. The number of rotatable bonds is 3. The second-order valence-electron chi connectivity index (χ2n) is 7.81. The Morgan fingerprint density at radius 1 is 1.19 bits per heavy atom. The number of methoxy groups -OCH3 is 1. The van der Waals surface area contributed by atoms with Crippen molar-refractivity contribution in [3.8, 4) is 5.75 Å². The number of ketones is 1. The quantitative estimate of drug-likeness (QED) is 0.321. The number of aliphatic hydroxyl groups is 1. The van der Waals surface area contributed by atoms with Crippen molar-refractivity contribution in [2.45, 2.75) is 17.1 Å². The Hall–Kier alpha value is -2.74. The fourth-order valence-electron chi connectivity index (χ4n) is 5.03. The highest BCUT2D eigenvalue weighted by Gasteiger charge is 2.78. The minimum absolute atomic E-state index is 0.159. The van der Waals surface area contributed by atoms with Crippen LogP contribution in [-0.4, -0.2) is 29.0 Å². The van der Waals surface area contributed by atoms with Gasteiger partial charge in [0.2, 0.25) is 0 Å². The molecule has 1 aliphatic heterocycles. The van der Waals surface area contributed by atoms with Gasteiger partial charge in [-0.2, -0.15) is 0 Å². The molecule has 4 atom stereocenters. The van der Waals surface area contributed by atoms with Gasteiger partial charge in [0, 0.05) is 16.7 Å². The zero-order chi connectivity index (χ0) is 22.7. The summed E-state index contributed by atoms with van der Waals surface area (Å²) in [5.41, 5.74) is -2.47. The SMILES string of the molecule is COC(=O)[C@H]1C(=O)[C@@]2(O)c3cnc(Cl)cc3O[C@@]2(c2ccc(Br)cc2)[C@H]1c1ccccc1. The summed E-state index contributed by atoms with van der Waals surface area (Å²) in [4.78, 5) is 30.9. The Morgan fingerprint density at radius 3 is 2.53 bits per heavy atom. The molecule has 1 N–H and O–H groups in total. The van der Waals surface area contributed by atoms with E-state index in [4.69, 9.17) is 21.1 Å². The number of nitrogens with zero attached hydrogens (tertiary/aromatic N) is 1. The molecule has 162 valence electrons. The van der Waals surface area contributed by atoms with E-state index in [-0.39, 0.29) is 16.5 Å². The molecule has 1 aliphatic carbocycles. The number of Topliss-reactive ketones (excluding diaryl/α,β-unsaturated/α-hetero) is 1. The van der Waals surface area contributed by atoms with Crippen molar-refractivity contribution in [3.63, 3.8) is 0 Å². The second kappa shape index (κ2) is 7.40. The fraction of sp³-hybridized carbons (Fsp3) is 0.208. The van der Waals surface area contributed by atoms with E-state index in [2.05, 4.69) is 20.9 Å². The minimum Gasteiger partial charge on any atom is -0.477 e. The molecular formula is C24H17BrClNO5. The van der Waals surface area contributed by atoms with Crippen molar-refractivity contribution in [1.82, 2.24) is 4.98 Å². The van der Waals surface area contributed by atoms with Crippen molar-refractivity contribution in [2.75, 3.05) is 7.11 Å². The van der Waals surface area contributed by atoms with Crippen molar-refractivity contribution >= 4 is 39.3 Å². The molecule has 0 unspecified atom stereocenters. The second-order valence-corrected chi connectivity index (χ2v) is 9.11. The first-order valence-electron chi connectivity index (χ1n) is 9.85. The van der Waals surface area contributed by atoms with E-state index in [0.29, 0.717) is 11.1 Å². The summed E-state index contributed by atoms with van der Waals surface area (Å²) in [5, 5.41) is 12.3. The minimum atomic E-state index is -2.19. The largest absolute Gasteiger partial charge is 0.477 e. The predicted molar refractivity (Wildman–Crippen MR) is 119 cm³/mol. The number of fused-ring (bicyclic) bond motifs is 3. The molecule has 0 saturated heterocycles. The molecule has 0 radical (unpaired) electrons. The van der Waals surface area contributed by atoms with E-state index in [0.717, 1.165) is 4.47 Å². The molecule has 1 aromatic heterocycles. The van der Waals surface area contributed by atoms with Gasteiger partial charge in [0.15, 0.2) is 17.0 Å². The van der Waals surface area contributed by atoms with Crippen LogP contribution in [0.4, 0.5) is 0 Å². The first-order valence-corrected chi connectivity index (χ1v) is 11.0. The zero-order valence-electron chi connectivity index (χ0n) is 16.8. The van der Waals surface area contributed by atoms with E-state index in [9.17, 15) is 14.7 Å². The number of aromatic nitrogens is 1. The third-order valence-electron chi connectivity index (χ3n) is 6.33. The van der Waals surface area contributed by atoms with Gasteiger partial charge < -0.3 is 14.6 Å². The van der Waals surface area contributed by atoms with Gasteiger partial charge in [-0.05, 0) is 23.3 Å². The third kappa shape index (κ3) is 2.65. The lowest BCUT2D eigenvalue weighted by Crippen LogP contribution is -2.50. The summed E-state index contributed by atoms with van der Waals surface area (Å²) >= 11 is 9.51. The van der Waals surface area contributed by atoms with Crippen molar-refractivity contribution in [2.24, 2.45) is 5.92 Å². The molecular weight excluding hydrogens is 498 g/mol. The van der Waals surface area contributed by atoms with Crippen LogP contribution in [0, 0.1) is 5.92 Å². The first kappa shape index (κ1) is 21.1. The Kier molecular flexibility index (Phi) is 4.89. The molecule has 5 rings (SSSR count). The molecule has 1 saturated carbocycles. The highest BCUT2D eigenvalue weighted by Crippen LogP contribution is 2.67. The van der Waals surface area contributed by atoms with Gasteiger partial charge >= 0.3 is 5.97 Å². The maximum Gasteiger partial charge on any atom is 0.317 e. The normalized spacial score (nSPS) is 28.1. The predicted octanol–water partition coefficient (Wildman–Crippen LogP) is 4.13. The molecule has 2 aliphatic rings. The monoisotopic (exact) mass is 513 g/mol. The average Bonchev–Trinajstić information content (AvgIpc) is 3.17. The molecule has 1 fully saturated rings. The summed E-state index contributed by atoms with van der Waals surface area (Å²) < 4.78 is 12.3. The number of halogens is 2. The van der Waals surface area contributed by atoms with Gasteiger partial charge in [-0.3, -0.25) is 9.59 Å². The molecule has 2 heterocycles. The van der Waals surface area contributed by atoms with Crippen LogP contribution in [0.25, 0.3) is 0 Å².